The summed E-state index contributed by atoms with van der Waals surface area (Å²) in [5, 5.41) is 5.32. The van der Waals surface area contributed by atoms with Crippen molar-refractivity contribution in [2.45, 2.75) is 19.9 Å². The van der Waals surface area contributed by atoms with E-state index in [1.165, 1.54) is 11.1 Å². The number of carbonyl (C=O) groups excluding carboxylic acids is 1. The molecule has 4 nitrogen and oxygen atoms in total. The van der Waals surface area contributed by atoms with Crippen molar-refractivity contribution in [3.05, 3.63) is 77.6 Å². The number of hydrogen-bond acceptors (Lipinski definition) is 3. The van der Waals surface area contributed by atoms with Crippen molar-refractivity contribution >= 4 is 16.7 Å². The van der Waals surface area contributed by atoms with Gasteiger partial charge < -0.3 is 5.32 Å². The molecule has 0 spiro atoms. The highest BCUT2D eigenvalue weighted by Gasteiger charge is 2.26. The van der Waals surface area contributed by atoms with Crippen LogP contribution in [-0.2, 0) is 17.8 Å². The van der Waals surface area contributed by atoms with Crippen molar-refractivity contribution in [2.75, 3.05) is 19.6 Å². The molecule has 1 fully saturated rings. The van der Waals surface area contributed by atoms with Crippen LogP contribution in [-0.4, -0.2) is 35.4 Å². The van der Waals surface area contributed by atoms with E-state index in [1.807, 2.05) is 24.4 Å². The van der Waals surface area contributed by atoms with Crippen molar-refractivity contribution in [1.29, 1.82) is 0 Å². The van der Waals surface area contributed by atoms with E-state index in [4.69, 9.17) is 0 Å². The Morgan fingerprint density at radius 3 is 2.85 bits per heavy atom. The molecule has 4 heteroatoms. The van der Waals surface area contributed by atoms with Crippen molar-refractivity contribution in [2.24, 2.45) is 5.92 Å². The average Bonchev–Trinajstić information content (AvgIpc) is 2.63. The van der Waals surface area contributed by atoms with Gasteiger partial charge in [-0.3, -0.25) is 14.7 Å². The van der Waals surface area contributed by atoms with Crippen LogP contribution in [0.4, 0.5) is 0 Å². The normalized spacial score (nSPS) is 14.9. The lowest BCUT2D eigenvalue weighted by atomic mass is 9.98. The van der Waals surface area contributed by atoms with E-state index >= 15 is 0 Å². The summed E-state index contributed by atoms with van der Waals surface area (Å²) in [7, 11) is 0. The minimum absolute atomic E-state index is 0.0977. The summed E-state index contributed by atoms with van der Waals surface area (Å²) in [6, 6.07) is 16.8. The second-order valence-electron chi connectivity index (χ2n) is 7.59. The number of carbonyl (C=O) groups is 1. The maximum atomic E-state index is 12.3. The molecule has 1 amide bonds. The number of nitrogens with one attached hydrogen (secondary N) is 1. The number of hydrogen-bond donors (Lipinski definition) is 1. The lowest BCUT2D eigenvalue weighted by Gasteiger charge is -2.39. The molecule has 0 bridgehead atoms. The van der Waals surface area contributed by atoms with Gasteiger partial charge in [0.1, 0.15) is 0 Å². The number of aryl methyl sites for hydroxylation is 1. The maximum Gasteiger partial charge on any atom is 0.224 e. The van der Waals surface area contributed by atoms with Gasteiger partial charge in [-0.1, -0.05) is 48.0 Å². The van der Waals surface area contributed by atoms with E-state index in [2.05, 4.69) is 52.5 Å². The zero-order chi connectivity index (χ0) is 18.6. The number of fused-ring (bicyclic) bond motifs is 1. The van der Waals surface area contributed by atoms with Gasteiger partial charge in [0.15, 0.2) is 0 Å². The summed E-state index contributed by atoms with van der Waals surface area (Å²) in [6.07, 6.45) is 4.06. The first-order chi connectivity index (χ1) is 13.2. The molecule has 1 N–H and O–H groups in total. The van der Waals surface area contributed by atoms with E-state index in [0.717, 1.165) is 42.5 Å². The third kappa shape index (κ3) is 4.52. The fourth-order valence-electron chi connectivity index (χ4n) is 3.75. The van der Waals surface area contributed by atoms with Crippen LogP contribution in [0.25, 0.3) is 10.8 Å². The van der Waals surface area contributed by atoms with E-state index in [-0.39, 0.29) is 5.91 Å². The molecule has 0 radical (unpaired) electrons. The van der Waals surface area contributed by atoms with E-state index < -0.39 is 0 Å². The summed E-state index contributed by atoms with van der Waals surface area (Å²) < 4.78 is 0. The standard InChI is InChI=1S/C23H25N3O/c1-17-3-2-4-19(9-17)14-26-15-20(16-26)12-25-23(27)11-18-5-6-22-13-24-8-7-21(22)10-18/h2-10,13,20H,11-12,14-16H2,1H3,(H,25,27). The van der Waals surface area contributed by atoms with Gasteiger partial charge in [-0.05, 0) is 29.5 Å². The van der Waals surface area contributed by atoms with Crippen LogP contribution in [0.3, 0.4) is 0 Å². The number of likely N-dealkylation sites (tertiary alicyclic amines) is 1. The summed E-state index contributed by atoms with van der Waals surface area (Å²) >= 11 is 0. The Morgan fingerprint density at radius 1 is 1.11 bits per heavy atom. The zero-order valence-corrected chi connectivity index (χ0v) is 15.7. The highest BCUT2D eigenvalue weighted by molar-refractivity contribution is 5.84. The number of aromatic nitrogens is 1. The van der Waals surface area contributed by atoms with Crippen LogP contribution >= 0.6 is 0 Å². The predicted octanol–water partition coefficient (Wildman–Crippen LogP) is 3.33. The molecule has 4 rings (SSSR count). The van der Waals surface area contributed by atoms with Gasteiger partial charge in [0, 0.05) is 49.9 Å². The average molecular weight is 359 g/mol. The molecule has 3 aromatic rings. The Morgan fingerprint density at radius 2 is 2.00 bits per heavy atom. The monoisotopic (exact) mass is 359 g/mol. The van der Waals surface area contributed by atoms with Crippen LogP contribution in [0, 0.1) is 12.8 Å². The Hall–Kier alpha value is -2.72. The second kappa shape index (κ2) is 7.89. The second-order valence-corrected chi connectivity index (χ2v) is 7.59. The predicted molar refractivity (Wildman–Crippen MR) is 108 cm³/mol. The highest BCUT2D eigenvalue weighted by Crippen LogP contribution is 2.19. The van der Waals surface area contributed by atoms with Crippen LogP contribution in [0.1, 0.15) is 16.7 Å². The topological polar surface area (TPSA) is 45.2 Å². The SMILES string of the molecule is Cc1cccc(CN2CC(CNC(=O)Cc3ccc4cnccc4c3)C2)c1. The van der Waals surface area contributed by atoms with Crippen LogP contribution in [0.15, 0.2) is 60.9 Å². The quantitative estimate of drug-likeness (QED) is 0.734. The number of amides is 1. The molecule has 2 aromatic carbocycles. The van der Waals surface area contributed by atoms with Gasteiger partial charge in [-0.25, -0.2) is 0 Å². The number of rotatable bonds is 6. The summed E-state index contributed by atoms with van der Waals surface area (Å²) in [5.74, 6) is 0.655. The molecule has 1 saturated heterocycles. The molecule has 1 aromatic heterocycles. The first-order valence-corrected chi connectivity index (χ1v) is 9.53. The molecule has 1 aliphatic heterocycles. The molecule has 0 unspecified atom stereocenters. The van der Waals surface area contributed by atoms with E-state index in [1.54, 1.807) is 6.20 Å². The number of nitrogens with zero attached hydrogens (tertiary/aromatic N) is 2. The molecular weight excluding hydrogens is 334 g/mol. The molecule has 1 aliphatic rings. The van der Waals surface area contributed by atoms with Gasteiger partial charge in [-0.15, -0.1) is 0 Å². The Labute approximate surface area is 160 Å². The van der Waals surface area contributed by atoms with E-state index in [9.17, 15) is 4.79 Å². The van der Waals surface area contributed by atoms with Crippen molar-refractivity contribution in [1.82, 2.24) is 15.2 Å². The Kier molecular flexibility index (Phi) is 5.16. The van der Waals surface area contributed by atoms with Crippen LogP contribution < -0.4 is 5.32 Å². The first kappa shape index (κ1) is 17.7. The third-order valence-corrected chi connectivity index (χ3v) is 5.18. The first-order valence-electron chi connectivity index (χ1n) is 9.53. The molecule has 0 atom stereocenters. The largest absolute Gasteiger partial charge is 0.355 e. The zero-order valence-electron chi connectivity index (χ0n) is 15.7. The van der Waals surface area contributed by atoms with E-state index in [0.29, 0.717) is 12.3 Å². The Bertz CT molecular complexity index is 947. The molecule has 2 heterocycles. The molecule has 0 saturated carbocycles. The molecule has 138 valence electrons. The van der Waals surface area contributed by atoms with Crippen molar-refractivity contribution < 1.29 is 4.79 Å². The fraction of sp³-hybridized carbons (Fsp3) is 0.304. The minimum atomic E-state index is 0.0977. The Balaban J connectivity index is 1.21. The molecule has 27 heavy (non-hydrogen) atoms. The van der Waals surface area contributed by atoms with Gasteiger partial charge in [0.05, 0.1) is 6.42 Å². The lowest BCUT2D eigenvalue weighted by molar-refractivity contribution is -0.120. The number of benzene rings is 2. The summed E-state index contributed by atoms with van der Waals surface area (Å²) in [6.45, 7) is 6.00. The summed E-state index contributed by atoms with van der Waals surface area (Å²) in [4.78, 5) is 18.8. The van der Waals surface area contributed by atoms with Crippen LogP contribution in [0.2, 0.25) is 0 Å². The highest BCUT2D eigenvalue weighted by atomic mass is 16.1. The smallest absolute Gasteiger partial charge is 0.224 e. The minimum Gasteiger partial charge on any atom is -0.355 e. The van der Waals surface area contributed by atoms with Gasteiger partial charge >= 0.3 is 0 Å². The van der Waals surface area contributed by atoms with Crippen molar-refractivity contribution in [3.63, 3.8) is 0 Å². The molecule has 0 aliphatic carbocycles. The summed E-state index contributed by atoms with van der Waals surface area (Å²) in [5.41, 5.74) is 3.71. The fourth-order valence-corrected chi connectivity index (χ4v) is 3.75. The molecular formula is C23H25N3O. The third-order valence-electron chi connectivity index (χ3n) is 5.18. The number of pyridine rings is 1. The lowest BCUT2D eigenvalue weighted by Crippen LogP contribution is -2.50. The van der Waals surface area contributed by atoms with Crippen LogP contribution in [0.5, 0.6) is 0 Å². The van der Waals surface area contributed by atoms with Crippen molar-refractivity contribution in [3.8, 4) is 0 Å². The van der Waals surface area contributed by atoms with Gasteiger partial charge in [0.2, 0.25) is 5.91 Å². The van der Waals surface area contributed by atoms with Gasteiger partial charge in [-0.2, -0.15) is 0 Å². The van der Waals surface area contributed by atoms with Gasteiger partial charge in [0.25, 0.3) is 0 Å². The maximum absolute atomic E-state index is 12.3.